The normalized spacial score (nSPS) is 11.1. The predicted molar refractivity (Wildman–Crippen MR) is 195 cm³/mol. The molecule has 0 saturated heterocycles. The largest absolute Gasteiger partial charge is 0.508 e. The molecule has 2 aromatic carbocycles. The van der Waals surface area contributed by atoms with Crippen molar-refractivity contribution in [1.29, 1.82) is 0 Å². The topological polar surface area (TPSA) is 151 Å². The van der Waals surface area contributed by atoms with Crippen LogP contribution in [0.3, 0.4) is 0 Å². The van der Waals surface area contributed by atoms with E-state index in [4.69, 9.17) is 13.9 Å². The summed E-state index contributed by atoms with van der Waals surface area (Å²) in [4.78, 5) is 41.3. The molecular weight excluding hydrogens is 628 g/mol. The first-order chi connectivity index (χ1) is 23.4. The Kier molecular flexibility index (Phi) is 16.3. The van der Waals surface area contributed by atoms with Crippen molar-refractivity contribution in [2.75, 3.05) is 14.2 Å². The van der Waals surface area contributed by atoms with E-state index in [1.165, 1.54) is 40.7 Å². The van der Waals surface area contributed by atoms with Gasteiger partial charge in [-0.1, -0.05) is 59.1 Å². The van der Waals surface area contributed by atoms with Gasteiger partial charge in [-0.2, -0.15) is 0 Å². The van der Waals surface area contributed by atoms with Gasteiger partial charge < -0.3 is 28.7 Å². The van der Waals surface area contributed by atoms with Crippen molar-refractivity contribution < 1.29 is 24.1 Å². The molecule has 0 aliphatic carbocycles. The SMILES string of the molecule is CCC.CCCC.COC(C)CCCCn1c(=O)c2c(ncn2C)n(C)c1=O.COc1ccc(-c2coc3cc(O)cc(O)c3c2=O)cc1. The minimum atomic E-state index is -0.362. The van der Waals surface area contributed by atoms with E-state index >= 15 is 0 Å². The Labute approximate surface area is 287 Å². The summed E-state index contributed by atoms with van der Waals surface area (Å²) in [5.74, 6) is 0.200. The highest BCUT2D eigenvalue weighted by molar-refractivity contribution is 5.88. The van der Waals surface area contributed by atoms with Crippen LogP contribution in [-0.2, 0) is 25.4 Å². The van der Waals surface area contributed by atoms with Gasteiger partial charge >= 0.3 is 5.69 Å². The van der Waals surface area contributed by atoms with Crippen LogP contribution in [0.1, 0.15) is 73.1 Å². The van der Waals surface area contributed by atoms with Gasteiger partial charge in [0, 0.05) is 39.9 Å². The van der Waals surface area contributed by atoms with Crippen molar-refractivity contribution in [2.24, 2.45) is 14.1 Å². The number of hydrogen-bond donors (Lipinski definition) is 2. The first-order valence-electron chi connectivity index (χ1n) is 16.7. The molecule has 0 aliphatic rings. The molecule has 3 heterocycles. The van der Waals surface area contributed by atoms with Gasteiger partial charge in [0.05, 0.1) is 25.1 Å². The average Bonchev–Trinajstić information content (AvgIpc) is 3.49. The second-order valence-corrected chi connectivity index (χ2v) is 11.6. The van der Waals surface area contributed by atoms with Gasteiger partial charge in [0.25, 0.3) is 5.56 Å². The van der Waals surface area contributed by atoms with Crippen LogP contribution < -0.4 is 21.4 Å². The van der Waals surface area contributed by atoms with E-state index in [-0.39, 0.29) is 45.3 Å². The Morgan fingerprint density at radius 1 is 0.939 bits per heavy atom. The van der Waals surface area contributed by atoms with E-state index in [1.54, 1.807) is 63.5 Å². The van der Waals surface area contributed by atoms with Gasteiger partial charge in [0.1, 0.15) is 34.5 Å². The van der Waals surface area contributed by atoms with Crippen molar-refractivity contribution in [2.45, 2.75) is 85.8 Å². The molecule has 12 heteroatoms. The summed E-state index contributed by atoms with van der Waals surface area (Å²) in [5, 5.41) is 19.3. The van der Waals surface area contributed by atoms with Crippen LogP contribution >= 0.6 is 0 Å². The number of aromatic nitrogens is 4. The lowest BCUT2D eigenvalue weighted by atomic mass is 10.0. The van der Waals surface area contributed by atoms with Crippen molar-refractivity contribution in [3.05, 3.63) is 80.1 Å². The van der Waals surface area contributed by atoms with Crippen LogP contribution in [-0.4, -0.2) is 49.2 Å². The molecule has 0 spiro atoms. The highest BCUT2D eigenvalue weighted by atomic mass is 16.5. The van der Waals surface area contributed by atoms with Gasteiger partial charge in [-0.05, 0) is 43.9 Å². The number of aryl methyl sites for hydroxylation is 2. The molecule has 49 heavy (non-hydrogen) atoms. The third-order valence-electron chi connectivity index (χ3n) is 7.59. The Bertz CT molecular complexity index is 1940. The van der Waals surface area contributed by atoms with Gasteiger partial charge in [0.2, 0.25) is 5.43 Å². The zero-order chi connectivity index (χ0) is 36.7. The van der Waals surface area contributed by atoms with Crippen molar-refractivity contribution >= 4 is 22.1 Å². The molecule has 0 saturated carbocycles. The third-order valence-corrected chi connectivity index (χ3v) is 7.59. The van der Waals surface area contributed by atoms with Crippen molar-refractivity contribution in [3.8, 4) is 28.4 Å². The van der Waals surface area contributed by atoms with E-state index in [2.05, 4.69) is 32.7 Å². The van der Waals surface area contributed by atoms with Crippen LogP contribution in [0.4, 0.5) is 0 Å². The van der Waals surface area contributed by atoms with E-state index in [0.29, 0.717) is 34.6 Å². The lowest BCUT2D eigenvalue weighted by Gasteiger charge is -2.10. The van der Waals surface area contributed by atoms with Crippen LogP contribution in [0.15, 0.2) is 67.8 Å². The molecule has 5 rings (SSSR count). The number of benzene rings is 2. The summed E-state index contributed by atoms with van der Waals surface area (Å²) in [7, 11) is 6.64. The molecule has 12 nitrogen and oxygen atoms in total. The summed E-state index contributed by atoms with van der Waals surface area (Å²) < 4.78 is 20.0. The Morgan fingerprint density at radius 2 is 1.57 bits per heavy atom. The quantitative estimate of drug-likeness (QED) is 0.161. The monoisotopic (exact) mass is 680 g/mol. The summed E-state index contributed by atoms with van der Waals surface area (Å²) in [6.07, 6.45) is 9.55. The van der Waals surface area contributed by atoms with E-state index in [9.17, 15) is 24.6 Å². The summed E-state index contributed by atoms with van der Waals surface area (Å²) in [6, 6.07) is 9.32. The zero-order valence-electron chi connectivity index (χ0n) is 30.3. The molecule has 3 aromatic heterocycles. The zero-order valence-corrected chi connectivity index (χ0v) is 30.3. The fourth-order valence-corrected chi connectivity index (χ4v) is 4.60. The average molecular weight is 681 g/mol. The molecule has 0 amide bonds. The summed E-state index contributed by atoms with van der Waals surface area (Å²) >= 11 is 0. The molecule has 1 atom stereocenters. The van der Waals surface area contributed by atoms with Gasteiger partial charge in [-0.3, -0.25) is 18.7 Å². The smallest absolute Gasteiger partial charge is 0.332 e. The Morgan fingerprint density at radius 3 is 2.14 bits per heavy atom. The fraction of sp³-hybridized carbons (Fsp3) is 0.459. The number of nitrogens with zero attached hydrogens (tertiary/aromatic N) is 4. The minimum absolute atomic E-state index is 0.0427. The molecular formula is C37H52N4O8. The summed E-state index contributed by atoms with van der Waals surface area (Å²) in [6.45, 7) is 11.0. The summed E-state index contributed by atoms with van der Waals surface area (Å²) in [5.41, 5.74) is 1.05. The lowest BCUT2D eigenvalue weighted by Crippen LogP contribution is -2.39. The minimum Gasteiger partial charge on any atom is -0.508 e. The Balaban J connectivity index is 0.000000286. The first kappa shape index (κ1) is 40.3. The number of hydrogen-bond acceptors (Lipinski definition) is 9. The van der Waals surface area contributed by atoms with Gasteiger partial charge in [-0.25, -0.2) is 9.78 Å². The number of imidazole rings is 1. The number of fused-ring (bicyclic) bond motifs is 2. The maximum atomic E-state index is 12.5. The molecule has 0 fully saturated rings. The highest BCUT2D eigenvalue weighted by Crippen LogP contribution is 2.30. The highest BCUT2D eigenvalue weighted by Gasteiger charge is 2.15. The molecule has 5 aromatic rings. The number of phenolic OH excluding ortho intramolecular Hbond substituents is 2. The van der Waals surface area contributed by atoms with E-state index < -0.39 is 0 Å². The van der Waals surface area contributed by atoms with Crippen LogP contribution in [0.25, 0.3) is 33.3 Å². The molecule has 2 N–H and O–H groups in total. The van der Waals surface area contributed by atoms with Crippen molar-refractivity contribution in [1.82, 2.24) is 18.7 Å². The molecule has 0 aliphatic heterocycles. The van der Waals surface area contributed by atoms with Gasteiger partial charge in [-0.15, -0.1) is 0 Å². The number of aromatic hydroxyl groups is 2. The molecule has 268 valence electrons. The number of methoxy groups -OCH3 is 2. The maximum Gasteiger partial charge on any atom is 0.332 e. The third kappa shape index (κ3) is 10.6. The van der Waals surface area contributed by atoms with Crippen LogP contribution in [0.2, 0.25) is 0 Å². The Hall–Kier alpha value is -4.84. The maximum absolute atomic E-state index is 12.5. The van der Waals surface area contributed by atoms with E-state index in [1.807, 2.05) is 6.92 Å². The standard InChI is InChI=1S/C16H12O5.C14H22N4O3.C4H10.C3H8/c1-20-11-4-2-9(3-5-11)12-8-21-14-7-10(17)6-13(18)15(14)16(12)19;1-10(21-4)7-5-6-8-18-13(19)11-12(15-9-16(11)2)17(3)14(18)20;1-3-4-2;1-3-2/h2-8,17-18H,1H3;9-10H,5-8H2,1-4H3;3-4H2,1-2H3;3H2,1-2H3. The van der Waals surface area contributed by atoms with Crippen molar-refractivity contribution in [3.63, 3.8) is 0 Å². The number of phenols is 2. The van der Waals surface area contributed by atoms with Gasteiger partial charge in [0.15, 0.2) is 11.2 Å². The second-order valence-electron chi connectivity index (χ2n) is 11.6. The van der Waals surface area contributed by atoms with Crippen LogP contribution in [0.5, 0.6) is 17.2 Å². The lowest BCUT2D eigenvalue weighted by molar-refractivity contribution is 0.108. The first-order valence-corrected chi connectivity index (χ1v) is 16.7. The number of unbranched alkanes of at least 4 members (excludes halogenated alkanes) is 2. The fourth-order valence-electron chi connectivity index (χ4n) is 4.60. The predicted octanol–water partition coefficient (Wildman–Crippen LogP) is 6.74. The molecule has 0 radical (unpaired) electrons. The van der Waals surface area contributed by atoms with Crippen LogP contribution in [0, 0.1) is 0 Å². The number of rotatable bonds is 9. The second kappa shape index (κ2) is 19.9. The van der Waals surface area contributed by atoms with E-state index in [0.717, 1.165) is 25.3 Å². The molecule has 0 bridgehead atoms. The molecule has 1 unspecified atom stereocenters. The number of ether oxygens (including phenoxy) is 2.